The van der Waals surface area contributed by atoms with Crippen LogP contribution in [0.4, 0.5) is 0 Å². The summed E-state index contributed by atoms with van der Waals surface area (Å²) >= 11 is 0. The maximum absolute atomic E-state index is 11.9. The highest BCUT2D eigenvalue weighted by molar-refractivity contribution is 6.02. The van der Waals surface area contributed by atoms with Gasteiger partial charge in [-0.25, -0.2) is 4.79 Å². The summed E-state index contributed by atoms with van der Waals surface area (Å²) in [6.45, 7) is 1.30. The maximum atomic E-state index is 11.9. The summed E-state index contributed by atoms with van der Waals surface area (Å²) < 4.78 is 4.72. The number of aromatic nitrogens is 1. The topological polar surface area (TPSA) is 83.6 Å². The van der Waals surface area contributed by atoms with Gasteiger partial charge in [-0.15, -0.1) is 0 Å². The van der Waals surface area contributed by atoms with Crippen molar-refractivity contribution in [2.75, 3.05) is 13.1 Å². The highest BCUT2D eigenvalue weighted by atomic mass is 16.5. The number of carboxylic acids is 1. The van der Waals surface area contributed by atoms with Crippen LogP contribution in [-0.4, -0.2) is 40.1 Å². The maximum Gasteiger partial charge on any atom is 0.341 e. The standard InChI is InChI=1S/C10H12N2O4/c13-9(12-4-2-1-3-5-12)8-7(10(14)15)6-11-16-8/h6H,1-5H2,(H,14,15). The van der Waals surface area contributed by atoms with Crippen LogP contribution in [0.25, 0.3) is 0 Å². The van der Waals surface area contributed by atoms with Crippen molar-refractivity contribution < 1.29 is 19.2 Å². The molecule has 1 saturated heterocycles. The van der Waals surface area contributed by atoms with Crippen LogP contribution in [0.5, 0.6) is 0 Å². The second-order valence-electron chi connectivity index (χ2n) is 3.73. The lowest BCUT2D eigenvalue weighted by atomic mass is 10.1. The van der Waals surface area contributed by atoms with Gasteiger partial charge in [-0.3, -0.25) is 4.79 Å². The van der Waals surface area contributed by atoms with Gasteiger partial charge in [-0.05, 0) is 19.3 Å². The molecule has 6 heteroatoms. The molecule has 6 nitrogen and oxygen atoms in total. The number of nitrogens with zero attached hydrogens (tertiary/aromatic N) is 2. The largest absolute Gasteiger partial charge is 0.477 e. The smallest absolute Gasteiger partial charge is 0.341 e. The fourth-order valence-corrected chi connectivity index (χ4v) is 1.79. The molecule has 0 radical (unpaired) electrons. The third-order valence-corrected chi connectivity index (χ3v) is 2.64. The van der Waals surface area contributed by atoms with Crippen LogP contribution >= 0.6 is 0 Å². The molecule has 1 aromatic heterocycles. The third kappa shape index (κ3) is 1.91. The van der Waals surface area contributed by atoms with Crippen molar-refractivity contribution in [2.45, 2.75) is 19.3 Å². The average molecular weight is 224 g/mol. The summed E-state index contributed by atoms with van der Waals surface area (Å²) in [5.74, 6) is -1.74. The van der Waals surface area contributed by atoms with E-state index in [4.69, 9.17) is 9.63 Å². The molecule has 0 unspecified atom stereocenters. The highest BCUT2D eigenvalue weighted by Crippen LogP contribution is 2.15. The van der Waals surface area contributed by atoms with Gasteiger partial charge in [0.25, 0.3) is 5.91 Å². The minimum atomic E-state index is -1.19. The number of aromatic carboxylic acids is 1. The quantitative estimate of drug-likeness (QED) is 0.810. The van der Waals surface area contributed by atoms with Gasteiger partial charge < -0.3 is 14.5 Å². The van der Waals surface area contributed by atoms with Gasteiger partial charge >= 0.3 is 5.97 Å². The molecule has 0 aliphatic carbocycles. The molecular formula is C10H12N2O4. The van der Waals surface area contributed by atoms with Crippen molar-refractivity contribution in [3.63, 3.8) is 0 Å². The van der Waals surface area contributed by atoms with E-state index in [1.807, 2.05) is 0 Å². The van der Waals surface area contributed by atoms with Crippen LogP contribution in [0.2, 0.25) is 0 Å². The van der Waals surface area contributed by atoms with E-state index in [-0.39, 0.29) is 17.2 Å². The molecule has 1 aliphatic rings. The first kappa shape index (κ1) is 10.7. The molecule has 1 N–H and O–H groups in total. The Morgan fingerprint density at radius 1 is 1.31 bits per heavy atom. The number of piperidine rings is 1. The second-order valence-corrected chi connectivity index (χ2v) is 3.73. The molecule has 1 aromatic rings. The van der Waals surface area contributed by atoms with Crippen molar-refractivity contribution >= 4 is 11.9 Å². The van der Waals surface area contributed by atoms with E-state index in [9.17, 15) is 9.59 Å². The molecule has 86 valence electrons. The molecule has 0 saturated carbocycles. The fourth-order valence-electron chi connectivity index (χ4n) is 1.79. The zero-order valence-corrected chi connectivity index (χ0v) is 8.68. The molecule has 0 aromatic carbocycles. The zero-order valence-electron chi connectivity index (χ0n) is 8.68. The molecule has 1 amide bonds. The lowest BCUT2D eigenvalue weighted by molar-refractivity contribution is 0.0641. The summed E-state index contributed by atoms with van der Waals surface area (Å²) in [6, 6.07) is 0. The van der Waals surface area contributed by atoms with Gasteiger partial charge in [0.1, 0.15) is 5.56 Å². The minimum absolute atomic E-state index is 0.171. The van der Waals surface area contributed by atoms with E-state index in [2.05, 4.69) is 5.16 Å². The monoisotopic (exact) mass is 224 g/mol. The molecule has 2 heterocycles. The highest BCUT2D eigenvalue weighted by Gasteiger charge is 2.27. The third-order valence-electron chi connectivity index (χ3n) is 2.64. The minimum Gasteiger partial charge on any atom is -0.477 e. The summed E-state index contributed by atoms with van der Waals surface area (Å²) in [7, 11) is 0. The number of hydrogen-bond acceptors (Lipinski definition) is 4. The molecule has 1 fully saturated rings. The number of rotatable bonds is 2. The van der Waals surface area contributed by atoms with Gasteiger partial charge in [-0.2, -0.15) is 0 Å². The Hall–Kier alpha value is -1.85. The van der Waals surface area contributed by atoms with Crippen molar-refractivity contribution in [3.05, 3.63) is 17.5 Å². The fraction of sp³-hybridized carbons (Fsp3) is 0.500. The van der Waals surface area contributed by atoms with E-state index in [1.165, 1.54) is 0 Å². The molecule has 0 bridgehead atoms. The molecule has 2 rings (SSSR count). The van der Waals surface area contributed by atoms with E-state index < -0.39 is 5.97 Å². The molecule has 0 atom stereocenters. The normalized spacial score (nSPS) is 16.1. The van der Waals surface area contributed by atoms with Crippen LogP contribution in [0.3, 0.4) is 0 Å². The first-order chi connectivity index (χ1) is 7.70. The van der Waals surface area contributed by atoms with Crippen molar-refractivity contribution in [1.29, 1.82) is 0 Å². The number of hydrogen-bond donors (Lipinski definition) is 1. The van der Waals surface area contributed by atoms with Crippen LogP contribution < -0.4 is 0 Å². The molecule has 16 heavy (non-hydrogen) atoms. The first-order valence-corrected chi connectivity index (χ1v) is 5.17. The van der Waals surface area contributed by atoms with E-state index >= 15 is 0 Å². The average Bonchev–Trinajstić information content (AvgIpc) is 2.78. The number of carbonyl (C=O) groups excluding carboxylic acids is 1. The predicted molar refractivity (Wildman–Crippen MR) is 53.2 cm³/mol. The van der Waals surface area contributed by atoms with Gasteiger partial charge in [0.15, 0.2) is 0 Å². The number of carbonyl (C=O) groups is 2. The number of amides is 1. The first-order valence-electron chi connectivity index (χ1n) is 5.17. The van der Waals surface area contributed by atoms with Gasteiger partial charge in [0.05, 0.1) is 6.20 Å². The lowest BCUT2D eigenvalue weighted by Gasteiger charge is -2.25. The Morgan fingerprint density at radius 2 is 2.00 bits per heavy atom. The number of likely N-dealkylation sites (tertiary alicyclic amines) is 1. The molecule has 1 aliphatic heterocycles. The molecular weight excluding hydrogens is 212 g/mol. The van der Waals surface area contributed by atoms with Crippen LogP contribution in [0.15, 0.2) is 10.7 Å². The van der Waals surface area contributed by atoms with Crippen molar-refractivity contribution in [2.24, 2.45) is 0 Å². The Bertz CT molecular complexity index is 407. The number of carboxylic acid groups (broad SMARTS) is 1. The van der Waals surface area contributed by atoms with Crippen molar-refractivity contribution in [1.82, 2.24) is 10.1 Å². The van der Waals surface area contributed by atoms with Crippen LogP contribution in [0, 0.1) is 0 Å². The Morgan fingerprint density at radius 3 is 2.62 bits per heavy atom. The van der Waals surface area contributed by atoms with Crippen molar-refractivity contribution in [3.8, 4) is 0 Å². The predicted octanol–water partition coefficient (Wildman–Crippen LogP) is 0.999. The second kappa shape index (κ2) is 4.34. The Labute approximate surface area is 91.8 Å². The van der Waals surface area contributed by atoms with Gasteiger partial charge in [-0.1, -0.05) is 5.16 Å². The molecule has 0 spiro atoms. The van der Waals surface area contributed by atoms with Gasteiger partial charge in [0.2, 0.25) is 5.76 Å². The van der Waals surface area contributed by atoms with Crippen LogP contribution in [-0.2, 0) is 0 Å². The van der Waals surface area contributed by atoms with E-state index in [1.54, 1.807) is 4.90 Å². The summed E-state index contributed by atoms with van der Waals surface area (Å²) in [5.41, 5.74) is -0.171. The Kier molecular flexibility index (Phi) is 2.89. The van der Waals surface area contributed by atoms with Crippen LogP contribution in [0.1, 0.15) is 40.2 Å². The Balaban J connectivity index is 2.19. The summed E-state index contributed by atoms with van der Waals surface area (Å²) in [5, 5.41) is 12.2. The van der Waals surface area contributed by atoms with E-state index in [0.717, 1.165) is 25.5 Å². The SMILES string of the molecule is O=C(O)c1cnoc1C(=O)N1CCCCC1. The van der Waals surface area contributed by atoms with Gasteiger partial charge in [0, 0.05) is 13.1 Å². The summed E-state index contributed by atoms with van der Waals surface area (Å²) in [4.78, 5) is 24.3. The summed E-state index contributed by atoms with van der Waals surface area (Å²) in [6.07, 6.45) is 4.05. The zero-order chi connectivity index (χ0) is 11.5. The van der Waals surface area contributed by atoms with E-state index in [0.29, 0.717) is 13.1 Å². The lowest BCUT2D eigenvalue weighted by Crippen LogP contribution is -2.36.